The maximum Gasteiger partial charge on any atom is 0.105 e. The van der Waals surface area contributed by atoms with Crippen LogP contribution in [0.1, 0.15) is 39.2 Å². The summed E-state index contributed by atoms with van der Waals surface area (Å²) < 4.78 is 0. The SMILES string of the molecule is Cc1ccc2c(c1)NC(C)(CCC(C)C)N2. The second kappa shape index (κ2) is 4.00. The van der Waals surface area contributed by atoms with E-state index in [0.717, 1.165) is 12.3 Å². The fourth-order valence-corrected chi connectivity index (χ4v) is 2.20. The third-order valence-corrected chi connectivity index (χ3v) is 3.22. The van der Waals surface area contributed by atoms with Gasteiger partial charge in [0, 0.05) is 0 Å². The first kappa shape index (κ1) is 11.3. The molecule has 0 aromatic heterocycles. The molecule has 2 N–H and O–H groups in total. The van der Waals surface area contributed by atoms with Crippen LogP contribution in [-0.4, -0.2) is 5.66 Å². The Hall–Kier alpha value is -1.18. The molecule has 0 saturated heterocycles. The van der Waals surface area contributed by atoms with Crippen molar-refractivity contribution in [2.75, 3.05) is 10.6 Å². The van der Waals surface area contributed by atoms with Gasteiger partial charge in [0.25, 0.3) is 0 Å². The Balaban J connectivity index is 2.09. The molecule has 2 heteroatoms. The fraction of sp³-hybridized carbons (Fsp3) is 0.571. The van der Waals surface area contributed by atoms with E-state index >= 15 is 0 Å². The van der Waals surface area contributed by atoms with E-state index in [1.807, 2.05) is 0 Å². The lowest BCUT2D eigenvalue weighted by Gasteiger charge is -2.27. The molecule has 0 aliphatic carbocycles. The summed E-state index contributed by atoms with van der Waals surface area (Å²) in [5.41, 5.74) is 3.81. The van der Waals surface area contributed by atoms with E-state index in [2.05, 4.69) is 56.5 Å². The Morgan fingerprint density at radius 2 is 1.88 bits per heavy atom. The molecule has 1 aliphatic heterocycles. The number of fused-ring (bicyclic) bond motifs is 1. The molecule has 0 radical (unpaired) electrons. The molecular weight excluding hydrogens is 196 g/mol. The smallest absolute Gasteiger partial charge is 0.105 e. The third-order valence-electron chi connectivity index (χ3n) is 3.22. The summed E-state index contributed by atoms with van der Waals surface area (Å²) in [6.07, 6.45) is 2.39. The molecule has 1 unspecified atom stereocenters. The number of anilines is 2. The van der Waals surface area contributed by atoms with Crippen LogP contribution in [0.3, 0.4) is 0 Å². The number of rotatable bonds is 3. The van der Waals surface area contributed by atoms with Gasteiger partial charge in [-0.2, -0.15) is 0 Å². The maximum absolute atomic E-state index is 3.60. The number of nitrogens with one attached hydrogen (secondary N) is 2. The highest BCUT2D eigenvalue weighted by Gasteiger charge is 2.30. The highest BCUT2D eigenvalue weighted by atomic mass is 15.2. The van der Waals surface area contributed by atoms with Gasteiger partial charge in [-0.25, -0.2) is 0 Å². The largest absolute Gasteiger partial charge is 0.361 e. The van der Waals surface area contributed by atoms with Gasteiger partial charge in [-0.05, 0) is 50.3 Å². The van der Waals surface area contributed by atoms with Crippen molar-refractivity contribution in [1.29, 1.82) is 0 Å². The summed E-state index contributed by atoms with van der Waals surface area (Å²) in [6.45, 7) is 8.92. The Morgan fingerprint density at radius 3 is 2.56 bits per heavy atom. The first-order valence-corrected chi connectivity index (χ1v) is 6.15. The minimum atomic E-state index is 0.0282. The van der Waals surface area contributed by atoms with Gasteiger partial charge in [-0.1, -0.05) is 19.9 Å². The Bertz CT molecular complexity index is 384. The van der Waals surface area contributed by atoms with E-state index in [9.17, 15) is 0 Å². The topological polar surface area (TPSA) is 24.1 Å². The van der Waals surface area contributed by atoms with Crippen LogP contribution < -0.4 is 10.6 Å². The summed E-state index contributed by atoms with van der Waals surface area (Å²) in [6, 6.07) is 6.53. The molecule has 88 valence electrons. The van der Waals surface area contributed by atoms with E-state index in [0.29, 0.717) is 0 Å². The van der Waals surface area contributed by atoms with E-state index in [1.54, 1.807) is 0 Å². The lowest BCUT2D eigenvalue weighted by Crippen LogP contribution is -2.38. The molecule has 1 aliphatic rings. The Labute approximate surface area is 98.4 Å². The van der Waals surface area contributed by atoms with E-state index < -0.39 is 0 Å². The first-order valence-electron chi connectivity index (χ1n) is 6.15. The number of hydrogen-bond acceptors (Lipinski definition) is 2. The van der Waals surface area contributed by atoms with Crippen molar-refractivity contribution in [3.63, 3.8) is 0 Å². The van der Waals surface area contributed by atoms with Crippen LogP contribution in [0, 0.1) is 12.8 Å². The molecule has 0 saturated carbocycles. The molecule has 1 aromatic rings. The van der Waals surface area contributed by atoms with Crippen LogP contribution in [0.25, 0.3) is 0 Å². The summed E-state index contributed by atoms with van der Waals surface area (Å²) in [7, 11) is 0. The average molecular weight is 218 g/mol. The molecule has 0 amide bonds. The monoisotopic (exact) mass is 218 g/mol. The van der Waals surface area contributed by atoms with Gasteiger partial charge < -0.3 is 10.6 Å². The summed E-state index contributed by atoms with van der Waals surface area (Å²) in [5, 5.41) is 7.18. The van der Waals surface area contributed by atoms with Crippen molar-refractivity contribution in [3.05, 3.63) is 23.8 Å². The van der Waals surface area contributed by atoms with Crippen LogP contribution in [0.4, 0.5) is 11.4 Å². The minimum Gasteiger partial charge on any atom is -0.361 e. The van der Waals surface area contributed by atoms with Gasteiger partial charge in [0.05, 0.1) is 11.4 Å². The number of hydrogen-bond donors (Lipinski definition) is 2. The molecule has 1 heterocycles. The summed E-state index contributed by atoms with van der Waals surface area (Å²) >= 11 is 0. The van der Waals surface area contributed by atoms with Gasteiger partial charge in [0.1, 0.15) is 5.66 Å². The average Bonchev–Trinajstić information content (AvgIpc) is 2.51. The lowest BCUT2D eigenvalue weighted by atomic mass is 10.00. The van der Waals surface area contributed by atoms with Crippen molar-refractivity contribution in [1.82, 2.24) is 0 Å². The van der Waals surface area contributed by atoms with Crippen molar-refractivity contribution in [2.24, 2.45) is 5.92 Å². The molecule has 16 heavy (non-hydrogen) atoms. The predicted molar refractivity (Wildman–Crippen MR) is 70.9 cm³/mol. The van der Waals surface area contributed by atoms with Gasteiger partial charge in [0.2, 0.25) is 0 Å². The molecular formula is C14H22N2. The minimum absolute atomic E-state index is 0.0282. The fourth-order valence-electron chi connectivity index (χ4n) is 2.20. The van der Waals surface area contributed by atoms with E-state index in [-0.39, 0.29) is 5.66 Å². The van der Waals surface area contributed by atoms with Gasteiger partial charge in [-0.3, -0.25) is 0 Å². The quantitative estimate of drug-likeness (QED) is 0.801. The molecule has 0 spiro atoms. The zero-order valence-electron chi connectivity index (χ0n) is 10.7. The van der Waals surface area contributed by atoms with Crippen molar-refractivity contribution >= 4 is 11.4 Å². The molecule has 1 atom stereocenters. The van der Waals surface area contributed by atoms with Crippen LogP contribution in [0.2, 0.25) is 0 Å². The highest BCUT2D eigenvalue weighted by molar-refractivity contribution is 5.76. The highest BCUT2D eigenvalue weighted by Crippen LogP contribution is 2.36. The molecule has 2 nitrogen and oxygen atoms in total. The van der Waals surface area contributed by atoms with Crippen molar-refractivity contribution < 1.29 is 0 Å². The first-order chi connectivity index (χ1) is 7.48. The second-order valence-electron chi connectivity index (χ2n) is 5.56. The number of benzene rings is 1. The molecule has 2 rings (SSSR count). The van der Waals surface area contributed by atoms with Gasteiger partial charge >= 0.3 is 0 Å². The van der Waals surface area contributed by atoms with Crippen molar-refractivity contribution in [2.45, 2.75) is 46.2 Å². The molecule has 1 aromatic carbocycles. The predicted octanol–water partition coefficient (Wildman–Crippen LogP) is 3.98. The van der Waals surface area contributed by atoms with Crippen LogP contribution in [0.15, 0.2) is 18.2 Å². The second-order valence-corrected chi connectivity index (χ2v) is 5.56. The van der Waals surface area contributed by atoms with E-state index in [1.165, 1.54) is 23.4 Å². The molecule has 0 fully saturated rings. The zero-order valence-corrected chi connectivity index (χ0v) is 10.7. The van der Waals surface area contributed by atoms with Gasteiger partial charge in [-0.15, -0.1) is 0 Å². The Kier molecular flexibility index (Phi) is 2.83. The van der Waals surface area contributed by atoms with Crippen LogP contribution >= 0.6 is 0 Å². The zero-order chi connectivity index (χ0) is 11.8. The van der Waals surface area contributed by atoms with E-state index in [4.69, 9.17) is 0 Å². The van der Waals surface area contributed by atoms with Crippen LogP contribution in [-0.2, 0) is 0 Å². The maximum atomic E-state index is 3.60. The normalized spacial score (nSPS) is 22.8. The van der Waals surface area contributed by atoms with Gasteiger partial charge in [0.15, 0.2) is 0 Å². The van der Waals surface area contributed by atoms with Crippen molar-refractivity contribution in [3.8, 4) is 0 Å². The summed E-state index contributed by atoms with van der Waals surface area (Å²) in [4.78, 5) is 0. The third kappa shape index (κ3) is 2.31. The Morgan fingerprint density at radius 1 is 1.19 bits per heavy atom. The lowest BCUT2D eigenvalue weighted by molar-refractivity contribution is 0.458. The molecule has 0 bridgehead atoms. The number of aryl methyl sites for hydroxylation is 1. The van der Waals surface area contributed by atoms with Crippen LogP contribution in [0.5, 0.6) is 0 Å². The summed E-state index contributed by atoms with van der Waals surface area (Å²) in [5.74, 6) is 0.755. The standard InChI is InChI=1S/C14H22N2/c1-10(2)7-8-14(4)15-12-6-5-11(3)9-13(12)16-14/h5-6,9-10,15-16H,7-8H2,1-4H3.